The highest BCUT2D eigenvalue weighted by atomic mass is 32.2. The topological polar surface area (TPSA) is 70.4 Å². The molecule has 2 aromatic carbocycles. The zero-order valence-corrected chi connectivity index (χ0v) is 17.0. The lowest BCUT2D eigenvalue weighted by molar-refractivity contribution is 0.0937. The molecular weight excluding hydrogens is 388 g/mol. The van der Waals surface area contributed by atoms with Crippen LogP contribution in [0.25, 0.3) is 10.9 Å². The Morgan fingerprint density at radius 3 is 2.93 bits per heavy atom. The van der Waals surface area contributed by atoms with Crippen molar-refractivity contribution < 1.29 is 14.3 Å². The van der Waals surface area contributed by atoms with Crippen molar-refractivity contribution in [3.8, 4) is 5.75 Å². The molecule has 0 saturated carbocycles. The Labute approximate surface area is 172 Å². The zero-order chi connectivity index (χ0) is 20.2. The number of para-hydroxylation sites is 1. The third kappa shape index (κ3) is 4.21. The van der Waals surface area contributed by atoms with E-state index in [1.807, 2.05) is 30.3 Å². The quantitative estimate of drug-likeness (QED) is 0.336. The van der Waals surface area contributed by atoms with Crippen molar-refractivity contribution in [2.24, 2.45) is 0 Å². The van der Waals surface area contributed by atoms with Gasteiger partial charge in [-0.2, -0.15) is 0 Å². The molecule has 3 aromatic rings. The Balaban J connectivity index is 1.70. The normalized spacial score (nSPS) is 16.2. The molecule has 1 aliphatic rings. The fourth-order valence-corrected chi connectivity index (χ4v) is 4.52. The van der Waals surface area contributed by atoms with E-state index in [-0.39, 0.29) is 11.7 Å². The number of nitrogens with zero attached hydrogens (tertiary/aromatic N) is 2. The Morgan fingerprint density at radius 2 is 2.17 bits per heavy atom. The van der Waals surface area contributed by atoms with Gasteiger partial charge in [0.15, 0.2) is 5.16 Å². The van der Waals surface area contributed by atoms with Gasteiger partial charge >= 0.3 is 0 Å². The number of ether oxygens (including phenoxy) is 2. The van der Waals surface area contributed by atoms with Crippen molar-refractivity contribution >= 4 is 29.0 Å². The van der Waals surface area contributed by atoms with E-state index in [0.29, 0.717) is 39.7 Å². The van der Waals surface area contributed by atoms with Crippen LogP contribution in [-0.2, 0) is 17.0 Å². The number of hydrogen-bond donors (Lipinski definition) is 0. The molecule has 0 bridgehead atoms. The number of aromatic nitrogens is 2. The molecule has 1 atom stereocenters. The number of hydrogen-bond acceptors (Lipinski definition) is 6. The van der Waals surface area contributed by atoms with Crippen LogP contribution in [0.15, 0.2) is 52.4 Å². The molecule has 0 aliphatic carbocycles. The lowest BCUT2D eigenvalue weighted by atomic mass is 10.1. The van der Waals surface area contributed by atoms with E-state index in [1.54, 1.807) is 23.8 Å². The second kappa shape index (κ2) is 8.80. The Bertz CT molecular complexity index is 1090. The maximum atomic E-state index is 13.2. The predicted molar refractivity (Wildman–Crippen MR) is 113 cm³/mol. The van der Waals surface area contributed by atoms with Crippen LogP contribution in [0, 0.1) is 0 Å². The van der Waals surface area contributed by atoms with E-state index in [2.05, 4.69) is 0 Å². The highest BCUT2D eigenvalue weighted by Gasteiger charge is 2.20. The second-order valence-corrected chi connectivity index (χ2v) is 7.88. The number of carbonyl (C=O) groups excluding carboxylic acids is 1. The zero-order valence-electron chi connectivity index (χ0n) is 16.2. The molecular formula is C22H22N2O4S. The van der Waals surface area contributed by atoms with Crippen LogP contribution >= 0.6 is 11.8 Å². The van der Waals surface area contributed by atoms with Gasteiger partial charge in [-0.25, -0.2) is 4.98 Å². The molecule has 1 fully saturated rings. The van der Waals surface area contributed by atoms with Gasteiger partial charge in [0.1, 0.15) is 12.0 Å². The Morgan fingerprint density at radius 1 is 1.31 bits per heavy atom. The minimum atomic E-state index is -0.0535. The Kier molecular flexibility index (Phi) is 5.97. The highest BCUT2D eigenvalue weighted by molar-refractivity contribution is 7.98. The molecule has 29 heavy (non-hydrogen) atoms. The number of methoxy groups -OCH3 is 1. The first kappa shape index (κ1) is 19.7. The number of thioether (sulfide) groups is 1. The monoisotopic (exact) mass is 410 g/mol. The maximum Gasteiger partial charge on any atom is 0.262 e. The summed E-state index contributed by atoms with van der Waals surface area (Å²) in [5, 5.41) is 1.25. The number of rotatable bonds is 7. The molecule has 1 saturated heterocycles. The van der Waals surface area contributed by atoms with E-state index in [9.17, 15) is 9.59 Å². The predicted octanol–water partition coefficient (Wildman–Crippen LogP) is 3.69. The minimum Gasteiger partial charge on any atom is -0.496 e. The highest BCUT2D eigenvalue weighted by Crippen LogP contribution is 2.29. The van der Waals surface area contributed by atoms with E-state index >= 15 is 0 Å². The summed E-state index contributed by atoms with van der Waals surface area (Å²) in [6.45, 7) is 1.23. The molecule has 1 aromatic heterocycles. The molecule has 1 aliphatic heterocycles. The van der Waals surface area contributed by atoms with Crippen molar-refractivity contribution in [1.82, 2.24) is 9.55 Å². The molecule has 1 unspecified atom stereocenters. The first-order chi connectivity index (χ1) is 14.2. The van der Waals surface area contributed by atoms with Crippen molar-refractivity contribution in [3.63, 3.8) is 0 Å². The number of carbonyl (C=O) groups is 1. The molecule has 4 rings (SSSR count). The van der Waals surface area contributed by atoms with Crippen LogP contribution in [0.3, 0.4) is 0 Å². The first-order valence-electron chi connectivity index (χ1n) is 9.55. The van der Waals surface area contributed by atoms with Crippen LogP contribution in [0.1, 0.15) is 28.8 Å². The number of aldehydes is 1. The van der Waals surface area contributed by atoms with Gasteiger partial charge in [0, 0.05) is 23.5 Å². The van der Waals surface area contributed by atoms with Crippen molar-refractivity contribution in [2.75, 3.05) is 13.7 Å². The van der Waals surface area contributed by atoms with Crippen molar-refractivity contribution in [3.05, 3.63) is 63.9 Å². The minimum absolute atomic E-state index is 0.0305. The largest absolute Gasteiger partial charge is 0.496 e. The summed E-state index contributed by atoms with van der Waals surface area (Å²) < 4.78 is 12.9. The Hall–Kier alpha value is -2.64. The van der Waals surface area contributed by atoms with Crippen LogP contribution in [0.4, 0.5) is 0 Å². The maximum absolute atomic E-state index is 13.2. The molecule has 2 heterocycles. The SMILES string of the molecule is COc1ccc(C=O)cc1CSc1nc2ccccc2c(=O)n1CC1CCCO1. The first-order valence-corrected chi connectivity index (χ1v) is 10.5. The third-order valence-corrected chi connectivity index (χ3v) is 6.06. The van der Waals surface area contributed by atoms with Gasteiger partial charge in [0.05, 0.1) is 30.7 Å². The summed E-state index contributed by atoms with van der Waals surface area (Å²) in [4.78, 5) is 29.1. The fraction of sp³-hybridized carbons (Fsp3) is 0.318. The third-order valence-electron chi connectivity index (χ3n) is 5.03. The number of fused-ring (bicyclic) bond motifs is 1. The molecule has 0 amide bonds. The van der Waals surface area contributed by atoms with Gasteiger partial charge in [-0.05, 0) is 43.2 Å². The van der Waals surface area contributed by atoms with Gasteiger partial charge in [-0.1, -0.05) is 23.9 Å². The van der Waals surface area contributed by atoms with Gasteiger partial charge in [-0.3, -0.25) is 14.2 Å². The standard InChI is InChI=1S/C22H22N2O4S/c1-27-20-9-8-15(13-25)11-16(20)14-29-22-23-19-7-3-2-6-18(19)21(26)24(22)12-17-5-4-10-28-17/h2-3,6-9,11,13,17H,4-5,10,12,14H2,1H3. The summed E-state index contributed by atoms with van der Waals surface area (Å²) in [5.41, 5.74) is 2.09. The van der Waals surface area contributed by atoms with Crippen LogP contribution in [0.5, 0.6) is 5.75 Å². The average Bonchev–Trinajstić information content (AvgIpc) is 3.27. The number of benzene rings is 2. The second-order valence-electron chi connectivity index (χ2n) is 6.94. The van der Waals surface area contributed by atoms with Crippen LogP contribution in [0.2, 0.25) is 0 Å². The molecule has 7 heteroatoms. The van der Waals surface area contributed by atoms with Crippen molar-refractivity contribution in [1.29, 1.82) is 0 Å². The summed E-state index contributed by atoms with van der Waals surface area (Å²) in [6.07, 6.45) is 2.80. The lowest BCUT2D eigenvalue weighted by Crippen LogP contribution is -2.28. The molecule has 150 valence electrons. The molecule has 0 N–H and O–H groups in total. The summed E-state index contributed by atoms with van der Waals surface area (Å²) >= 11 is 1.46. The summed E-state index contributed by atoms with van der Waals surface area (Å²) in [7, 11) is 1.60. The van der Waals surface area contributed by atoms with Gasteiger partial charge in [0.25, 0.3) is 5.56 Å². The van der Waals surface area contributed by atoms with E-state index in [1.165, 1.54) is 11.8 Å². The van der Waals surface area contributed by atoms with E-state index in [4.69, 9.17) is 14.5 Å². The molecule has 6 nitrogen and oxygen atoms in total. The molecule has 0 spiro atoms. The van der Waals surface area contributed by atoms with Crippen LogP contribution in [-0.4, -0.2) is 35.7 Å². The molecule has 0 radical (unpaired) electrons. The fourth-order valence-electron chi connectivity index (χ4n) is 3.54. The van der Waals surface area contributed by atoms with Gasteiger partial charge < -0.3 is 9.47 Å². The summed E-state index contributed by atoms with van der Waals surface area (Å²) in [6, 6.07) is 12.7. The van der Waals surface area contributed by atoms with Crippen LogP contribution < -0.4 is 10.3 Å². The van der Waals surface area contributed by atoms with E-state index in [0.717, 1.165) is 31.3 Å². The van der Waals surface area contributed by atoms with Gasteiger partial charge in [-0.15, -0.1) is 0 Å². The van der Waals surface area contributed by atoms with Gasteiger partial charge in [0.2, 0.25) is 0 Å². The van der Waals surface area contributed by atoms with E-state index < -0.39 is 0 Å². The smallest absolute Gasteiger partial charge is 0.262 e. The lowest BCUT2D eigenvalue weighted by Gasteiger charge is -2.17. The summed E-state index contributed by atoms with van der Waals surface area (Å²) in [5.74, 6) is 1.23. The van der Waals surface area contributed by atoms with Crippen molar-refractivity contribution in [2.45, 2.75) is 36.4 Å². The average molecular weight is 410 g/mol.